The van der Waals surface area contributed by atoms with Gasteiger partial charge in [-0.25, -0.2) is 0 Å². The predicted octanol–water partition coefficient (Wildman–Crippen LogP) is 2.41. The second-order valence-electron chi connectivity index (χ2n) is 7.44. The van der Waals surface area contributed by atoms with E-state index in [2.05, 4.69) is 25.8 Å². The molecule has 2 saturated carbocycles. The van der Waals surface area contributed by atoms with Crippen LogP contribution in [0, 0.1) is 11.3 Å². The minimum atomic E-state index is -0.204. The molecule has 2 aliphatic carbocycles. The van der Waals surface area contributed by atoms with Crippen molar-refractivity contribution in [3.8, 4) is 0 Å². The van der Waals surface area contributed by atoms with Crippen LogP contribution in [0.15, 0.2) is 0 Å². The van der Waals surface area contributed by atoms with Gasteiger partial charge in [0.1, 0.15) is 0 Å². The highest BCUT2D eigenvalue weighted by atomic mass is 16.3. The molecule has 0 amide bonds. The minimum absolute atomic E-state index is 0.0505. The largest absolute Gasteiger partial charge is 0.392 e. The lowest BCUT2D eigenvalue weighted by Gasteiger charge is -2.44. The maximum atomic E-state index is 10.5. The van der Waals surface area contributed by atoms with Crippen molar-refractivity contribution in [2.75, 3.05) is 13.6 Å². The molecule has 0 aromatic rings. The van der Waals surface area contributed by atoms with Crippen LogP contribution in [0.3, 0.4) is 0 Å². The Morgan fingerprint density at radius 2 is 1.74 bits per heavy atom. The van der Waals surface area contributed by atoms with Gasteiger partial charge in [0.05, 0.1) is 12.2 Å². The molecule has 0 saturated heterocycles. The van der Waals surface area contributed by atoms with E-state index in [1.807, 2.05) is 0 Å². The van der Waals surface area contributed by atoms with Gasteiger partial charge in [0.15, 0.2) is 0 Å². The van der Waals surface area contributed by atoms with Crippen molar-refractivity contribution in [1.29, 1.82) is 0 Å². The maximum absolute atomic E-state index is 10.5. The minimum Gasteiger partial charge on any atom is -0.392 e. The molecule has 0 radical (unpaired) electrons. The fourth-order valence-corrected chi connectivity index (χ4v) is 4.07. The van der Waals surface area contributed by atoms with E-state index >= 15 is 0 Å². The van der Waals surface area contributed by atoms with E-state index in [1.54, 1.807) is 0 Å². The summed E-state index contributed by atoms with van der Waals surface area (Å²) in [5.74, 6) is 0.364. The summed E-state index contributed by atoms with van der Waals surface area (Å²) in [6, 6.07) is 0.297. The normalized spacial score (nSPS) is 39.5. The van der Waals surface area contributed by atoms with Crippen LogP contribution in [0.2, 0.25) is 0 Å². The molecule has 3 nitrogen and oxygen atoms in total. The van der Waals surface area contributed by atoms with Gasteiger partial charge in [0.2, 0.25) is 0 Å². The highest BCUT2D eigenvalue weighted by molar-refractivity contribution is 4.91. The van der Waals surface area contributed by atoms with Gasteiger partial charge in [0, 0.05) is 12.6 Å². The Morgan fingerprint density at radius 3 is 2.42 bits per heavy atom. The van der Waals surface area contributed by atoms with E-state index < -0.39 is 0 Å². The molecule has 2 rings (SSSR count). The number of hydrogen-bond acceptors (Lipinski definition) is 3. The van der Waals surface area contributed by atoms with Crippen LogP contribution in [0.5, 0.6) is 0 Å². The number of aliphatic hydroxyl groups excluding tert-OH is 2. The Labute approximate surface area is 118 Å². The highest BCUT2D eigenvalue weighted by Gasteiger charge is 2.39. The lowest BCUT2D eigenvalue weighted by molar-refractivity contribution is -0.0540. The molecule has 112 valence electrons. The van der Waals surface area contributed by atoms with E-state index in [0.717, 1.165) is 38.6 Å². The molecular weight excluding hydrogens is 238 g/mol. The first-order valence-electron chi connectivity index (χ1n) is 7.98. The molecule has 0 aromatic heterocycles. The van der Waals surface area contributed by atoms with E-state index in [9.17, 15) is 10.2 Å². The Balaban J connectivity index is 1.92. The summed E-state index contributed by atoms with van der Waals surface area (Å²) < 4.78 is 0. The van der Waals surface area contributed by atoms with Gasteiger partial charge in [0.25, 0.3) is 0 Å². The number of rotatable bonds is 3. The van der Waals surface area contributed by atoms with Crippen molar-refractivity contribution < 1.29 is 10.2 Å². The predicted molar refractivity (Wildman–Crippen MR) is 78.0 cm³/mol. The van der Waals surface area contributed by atoms with Crippen molar-refractivity contribution in [3.05, 3.63) is 0 Å². The average molecular weight is 269 g/mol. The third-order valence-electron chi connectivity index (χ3n) is 5.43. The maximum Gasteiger partial charge on any atom is 0.0695 e. The van der Waals surface area contributed by atoms with Crippen LogP contribution in [-0.2, 0) is 0 Å². The summed E-state index contributed by atoms with van der Waals surface area (Å²) in [5, 5.41) is 20.7. The van der Waals surface area contributed by atoms with Crippen molar-refractivity contribution in [2.45, 2.75) is 77.0 Å². The first kappa shape index (κ1) is 15.3. The van der Waals surface area contributed by atoms with Gasteiger partial charge < -0.3 is 15.1 Å². The summed E-state index contributed by atoms with van der Waals surface area (Å²) in [6.45, 7) is 5.28. The SMILES string of the molecule is CN(CC1CCCC(C)(C)C1O)C1CCCCC1O. The molecule has 0 spiro atoms. The molecule has 19 heavy (non-hydrogen) atoms. The quantitative estimate of drug-likeness (QED) is 0.827. The van der Waals surface area contributed by atoms with Crippen LogP contribution < -0.4 is 0 Å². The van der Waals surface area contributed by atoms with Crippen LogP contribution in [0.4, 0.5) is 0 Å². The monoisotopic (exact) mass is 269 g/mol. The summed E-state index contributed by atoms with van der Waals surface area (Å²) in [4.78, 5) is 2.30. The van der Waals surface area contributed by atoms with E-state index in [0.29, 0.717) is 12.0 Å². The van der Waals surface area contributed by atoms with Gasteiger partial charge in [-0.3, -0.25) is 0 Å². The fraction of sp³-hybridized carbons (Fsp3) is 1.00. The molecule has 2 N–H and O–H groups in total. The topological polar surface area (TPSA) is 43.7 Å². The van der Waals surface area contributed by atoms with Crippen molar-refractivity contribution in [1.82, 2.24) is 4.90 Å². The van der Waals surface area contributed by atoms with E-state index in [1.165, 1.54) is 12.8 Å². The Hall–Kier alpha value is -0.120. The smallest absolute Gasteiger partial charge is 0.0695 e. The number of nitrogens with zero attached hydrogens (tertiary/aromatic N) is 1. The summed E-state index contributed by atoms with van der Waals surface area (Å²) >= 11 is 0. The zero-order valence-corrected chi connectivity index (χ0v) is 12.8. The Morgan fingerprint density at radius 1 is 1.05 bits per heavy atom. The van der Waals surface area contributed by atoms with Crippen LogP contribution in [-0.4, -0.2) is 47.0 Å². The lowest BCUT2D eigenvalue weighted by atomic mass is 9.69. The molecular formula is C16H31NO2. The standard InChI is InChI=1S/C16H31NO2/c1-16(2)10-6-7-12(15(16)19)11-17(3)13-8-4-5-9-14(13)18/h12-15,18-19H,4-11H2,1-3H3. The van der Waals surface area contributed by atoms with Crippen molar-refractivity contribution in [3.63, 3.8) is 0 Å². The highest BCUT2D eigenvalue weighted by Crippen LogP contribution is 2.39. The van der Waals surface area contributed by atoms with Gasteiger partial charge in [-0.05, 0) is 44.1 Å². The first-order valence-corrected chi connectivity index (χ1v) is 7.98. The third kappa shape index (κ3) is 3.50. The van der Waals surface area contributed by atoms with Gasteiger partial charge in [-0.1, -0.05) is 33.1 Å². The van der Waals surface area contributed by atoms with Crippen LogP contribution in [0.1, 0.15) is 58.8 Å². The van der Waals surface area contributed by atoms with Crippen LogP contribution >= 0.6 is 0 Å². The summed E-state index contributed by atoms with van der Waals surface area (Å²) in [6.07, 6.45) is 7.51. The molecule has 4 atom stereocenters. The Bertz CT molecular complexity index is 292. The molecule has 0 heterocycles. The molecule has 0 aliphatic heterocycles. The van der Waals surface area contributed by atoms with Gasteiger partial charge in [-0.15, -0.1) is 0 Å². The molecule has 4 unspecified atom stereocenters. The molecule has 2 fully saturated rings. The summed E-state index contributed by atoms with van der Waals surface area (Å²) in [7, 11) is 2.12. The average Bonchev–Trinajstić information content (AvgIpc) is 2.35. The number of aliphatic hydroxyl groups is 2. The zero-order chi connectivity index (χ0) is 14.0. The van der Waals surface area contributed by atoms with Crippen molar-refractivity contribution in [2.24, 2.45) is 11.3 Å². The number of hydrogen-bond donors (Lipinski definition) is 2. The van der Waals surface area contributed by atoms with Gasteiger partial charge in [-0.2, -0.15) is 0 Å². The zero-order valence-electron chi connectivity index (χ0n) is 12.8. The second kappa shape index (κ2) is 6.11. The molecule has 0 aromatic carbocycles. The van der Waals surface area contributed by atoms with Crippen LogP contribution in [0.25, 0.3) is 0 Å². The third-order valence-corrected chi connectivity index (χ3v) is 5.43. The number of likely N-dealkylation sites (N-methyl/N-ethyl adjacent to an activating group) is 1. The van der Waals surface area contributed by atoms with E-state index in [-0.39, 0.29) is 17.6 Å². The lowest BCUT2D eigenvalue weighted by Crippen LogP contribution is -2.49. The summed E-state index contributed by atoms with van der Waals surface area (Å²) in [5.41, 5.74) is 0.0505. The van der Waals surface area contributed by atoms with E-state index in [4.69, 9.17) is 0 Å². The fourth-order valence-electron chi connectivity index (χ4n) is 4.07. The van der Waals surface area contributed by atoms with Gasteiger partial charge >= 0.3 is 0 Å². The second-order valence-corrected chi connectivity index (χ2v) is 7.44. The van der Waals surface area contributed by atoms with Crippen molar-refractivity contribution >= 4 is 0 Å². The Kier molecular flexibility index (Phi) is 4.91. The molecule has 2 aliphatic rings. The first-order chi connectivity index (χ1) is 8.92. The molecule has 3 heteroatoms. The molecule has 0 bridgehead atoms.